The normalized spacial score (nSPS) is 10.0. The van der Waals surface area contributed by atoms with Crippen LogP contribution in [0, 0.1) is 20.8 Å². The van der Waals surface area contributed by atoms with Crippen molar-refractivity contribution >= 4 is 29.5 Å². The predicted octanol–water partition coefficient (Wildman–Crippen LogP) is 10.1. The van der Waals surface area contributed by atoms with Crippen LogP contribution >= 0.6 is 23.8 Å². The quantitative estimate of drug-likeness (QED) is 0.118. The Morgan fingerprint density at radius 3 is 1.61 bits per heavy atom. The lowest BCUT2D eigenvalue weighted by Crippen LogP contribution is -2.08. The van der Waals surface area contributed by atoms with Crippen molar-refractivity contribution < 1.29 is 4.18 Å². The minimum atomic E-state index is -0.116. The molecule has 1 N–H and O–H groups in total. The zero-order valence-corrected chi connectivity index (χ0v) is 30.6. The first-order valence-corrected chi connectivity index (χ1v) is 18.2. The molecule has 7 heteroatoms. The fourth-order valence-corrected chi connectivity index (χ4v) is 5.80. The average Bonchev–Trinajstić information content (AvgIpc) is 3.58. The molecule has 0 radical (unpaired) electrons. The maximum atomic E-state index is 11.7. The monoisotopic (exact) mass is 711 g/mol. The molecule has 0 saturated carbocycles. The molecule has 5 nitrogen and oxygen atoms in total. The Labute approximate surface area is 308 Å². The first kappa shape index (κ1) is 38.4. The van der Waals surface area contributed by atoms with E-state index in [1.54, 1.807) is 66.4 Å². The maximum absolute atomic E-state index is 11.7. The number of thioether (sulfide) groups is 1. The molecule has 6 aromatic rings. The Bertz CT molecular complexity index is 1890. The maximum Gasteiger partial charge on any atom is 0.221 e. The van der Waals surface area contributed by atoms with E-state index in [4.69, 9.17) is 4.18 Å². The summed E-state index contributed by atoms with van der Waals surface area (Å²) in [5.74, 6) is 1.18. The standard InChI is InChI=1S/C15H15NO.C15H14OS.C14H12O2S/c1-12-7-9-13(10-8-12)11-16-14-5-3-2-4-6-15(14)17;1-12-7-9-13(10-8-12)11-17-15-6-4-2-3-5-14(15)16;1-11-7-9-12(10-8-11)17-16-14-6-4-2-3-5-13(14)15/h2-10H,11H2,1H3,(H,16,17);2-10H,11H2,1H3;2-10H,1H3. The molecule has 6 rings (SSSR count). The molecule has 0 bridgehead atoms. The summed E-state index contributed by atoms with van der Waals surface area (Å²) in [6, 6.07) is 50.9. The Hall–Kier alpha value is -5.37. The van der Waals surface area contributed by atoms with Gasteiger partial charge < -0.3 is 9.50 Å². The van der Waals surface area contributed by atoms with Crippen LogP contribution < -0.4 is 25.8 Å². The predicted molar refractivity (Wildman–Crippen MR) is 215 cm³/mol. The molecular formula is C44H41NO4S2. The summed E-state index contributed by atoms with van der Waals surface area (Å²) in [5, 5.41) is 3.16. The van der Waals surface area contributed by atoms with Gasteiger partial charge in [-0.1, -0.05) is 132 Å². The third kappa shape index (κ3) is 14.2. The van der Waals surface area contributed by atoms with E-state index < -0.39 is 0 Å². The zero-order chi connectivity index (χ0) is 36.3. The van der Waals surface area contributed by atoms with Crippen molar-refractivity contribution in [3.05, 3.63) is 222 Å². The molecule has 6 aromatic carbocycles. The van der Waals surface area contributed by atoms with Gasteiger partial charge in [0.05, 0.1) is 22.6 Å². The van der Waals surface area contributed by atoms with Gasteiger partial charge in [0.15, 0.2) is 11.2 Å². The number of rotatable bonds is 9. The summed E-state index contributed by atoms with van der Waals surface area (Å²) in [5.41, 5.74) is 6.73. The van der Waals surface area contributed by atoms with Gasteiger partial charge >= 0.3 is 0 Å². The van der Waals surface area contributed by atoms with Gasteiger partial charge in [0.25, 0.3) is 0 Å². The summed E-state index contributed by atoms with van der Waals surface area (Å²) in [6.07, 6.45) is 0. The van der Waals surface area contributed by atoms with Crippen molar-refractivity contribution in [2.24, 2.45) is 0 Å². The zero-order valence-electron chi connectivity index (χ0n) is 29.0. The lowest BCUT2D eigenvalue weighted by molar-refractivity contribution is 0.640. The molecule has 0 amide bonds. The van der Waals surface area contributed by atoms with Crippen LogP contribution in [0.2, 0.25) is 0 Å². The largest absolute Gasteiger partial charge is 0.417 e. The molecular weight excluding hydrogens is 671 g/mol. The summed E-state index contributed by atoms with van der Waals surface area (Å²) in [7, 11) is 0. The van der Waals surface area contributed by atoms with Crippen LogP contribution in [0.15, 0.2) is 188 Å². The highest BCUT2D eigenvalue weighted by Gasteiger charge is 2.01. The Balaban J connectivity index is 0.000000172. The van der Waals surface area contributed by atoms with E-state index in [9.17, 15) is 14.4 Å². The van der Waals surface area contributed by atoms with Gasteiger partial charge in [-0.05, 0) is 80.4 Å². The Morgan fingerprint density at radius 1 is 0.490 bits per heavy atom. The van der Waals surface area contributed by atoms with Gasteiger partial charge in [0, 0.05) is 17.2 Å². The Kier molecular flexibility index (Phi) is 15.8. The molecule has 0 heterocycles. The fraction of sp³-hybridized carbons (Fsp3) is 0.114. The third-order valence-corrected chi connectivity index (χ3v) is 9.14. The van der Waals surface area contributed by atoms with Crippen LogP contribution in [0.3, 0.4) is 0 Å². The summed E-state index contributed by atoms with van der Waals surface area (Å²) in [6.45, 7) is 6.83. The van der Waals surface area contributed by atoms with E-state index in [-0.39, 0.29) is 16.3 Å². The molecule has 0 unspecified atom stereocenters. The molecule has 0 aliphatic heterocycles. The average molecular weight is 712 g/mol. The highest BCUT2D eigenvalue weighted by atomic mass is 32.2. The van der Waals surface area contributed by atoms with Gasteiger partial charge in [-0.15, -0.1) is 11.8 Å². The second-order valence-electron chi connectivity index (χ2n) is 11.6. The van der Waals surface area contributed by atoms with Crippen molar-refractivity contribution in [3.63, 3.8) is 0 Å². The van der Waals surface area contributed by atoms with Crippen LogP contribution in [0.1, 0.15) is 27.8 Å². The lowest BCUT2D eigenvalue weighted by atomic mass is 10.1. The molecule has 0 aliphatic rings. The second-order valence-corrected chi connectivity index (χ2v) is 13.4. The van der Waals surface area contributed by atoms with Crippen LogP contribution in [0.5, 0.6) is 5.75 Å². The molecule has 0 aromatic heterocycles. The van der Waals surface area contributed by atoms with Crippen LogP contribution in [-0.4, -0.2) is 0 Å². The second kappa shape index (κ2) is 21.0. The highest BCUT2D eigenvalue weighted by Crippen LogP contribution is 2.21. The van der Waals surface area contributed by atoms with Crippen LogP contribution in [0.4, 0.5) is 5.69 Å². The molecule has 0 fully saturated rings. The van der Waals surface area contributed by atoms with Crippen LogP contribution in [0.25, 0.3) is 0 Å². The SMILES string of the molecule is Cc1ccc(CNc2cccccc2=O)cc1.Cc1ccc(CSc2cccccc2=O)cc1.Cc1ccc(SOc2cccccc2=O)cc1. The van der Waals surface area contributed by atoms with Crippen LogP contribution in [-0.2, 0) is 12.3 Å². The number of benzene rings is 3. The van der Waals surface area contributed by atoms with Crippen molar-refractivity contribution in [1.29, 1.82) is 0 Å². The first-order valence-electron chi connectivity index (χ1n) is 16.4. The summed E-state index contributed by atoms with van der Waals surface area (Å²) in [4.78, 5) is 36.6. The molecule has 0 aliphatic carbocycles. The molecule has 0 atom stereocenters. The summed E-state index contributed by atoms with van der Waals surface area (Å²) < 4.78 is 5.43. The minimum Gasteiger partial charge on any atom is -0.417 e. The van der Waals surface area contributed by atoms with Crippen molar-refractivity contribution in [1.82, 2.24) is 0 Å². The van der Waals surface area contributed by atoms with E-state index in [1.807, 2.05) is 61.5 Å². The van der Waals surface area contributed by atoms with E-state index in [0.717, 1.165) is 15.5 Å². The minimum absolute atomic E-state index is 0.0158. The van der Waals surface area contributed by atoms with E-state index in [1.165, 1.54) is 45.9 Å². The smallest absolute Gasteiger partial charge is 0.221 e. The number of aryl methyl sites for hydroxylation is 3. The number of anilines is 1. The first-order chi connectivity index (χ1) is 24.8. The van der Waals surface area contributed by atoms with Crippen molar-refractivity contribution in [2.75, 3.05) is 5.32 Å². The van der Waals surface area contributed by atoms with Gasteiger partial charge in [0.2, 0.25) is 10.9 Å². The van der Waals surface area contributed by atoms with Gasteiger partial charge in [-0.3, -0.25) is 14.4 Å². The number of hydrogen-bond donors (Lipinski definition) is 1. The van der Waals surface area contributed by atoms with Gasteiger partial charge in [-0.25, -0.2) is 0 Å². The van der Waals surface area contributed by atoms with Crippen molar-refractivity contribution in [2.45, 2.75) is 42.9 Å². The molecule has 258 valence electrons. The topological polar surface area (TPSA) is 72.5 Å². The summed E-state index contributed by atoms with van der Waals surface area (Å²) >= 11 is 2.78. The molecule has 0 spiro atoms. The Morgan fingerprint density at radius 2 is 0.980 bits per heavy atom. The highest BCUT2D eigenvalue weighted by molar-refractivity contribution is 7.98. The van der Waals surface area contributed by atoms with Gasteiger partial charge in [-0.2, -0.15) is 0 Å². The van der Waals surface area contributed by atoms with E-state index in [0.29, 0.717) is 18.0 Å². The lowest BCUT2D eigenvalue weighted by Gasteiger charge is -2.04. The van der Waals surface area contributed by atoms with Crippen molar-refractivity contribution in [3.8, 4) is 5.75 Å². The van der Waals surface area contributed by atoms with E-state index in [2.05, 4.69) is 67.7 Å². The van der Waals surface area contributed by atoms with Gasteiger partial charge in [0.1, 0.15) is 0 Å². The van der Waals surface area contributed by atoms with E-state index >= 15 is 0 Å². The molecule has 51 heavy (non-hydrogen) atoms. The number of hydrogen-bond acceptors (Lipinski definition) is 7. The fourth-order valence-electron chi connectivity index (χ4n) is 4.33. The molecule has 0 saturated heterocycles. The number of nitrogens with one attached hydrogen (secondary N) is 1. The third-order valence-electron chi connectivity index (χ3n) is 7.29.